The summed E-state index contributed by atoms with van der Waals surface area (Å²) < 4.78 is 33.2. The molecule has 0 aliphatic heterocycles. The number of carbonyl (C=O) groups is 1. The van der Waals surface area contributed by atoms with Crippen molar-refractivity contribution in [3.05, 3.63) is 28.8 Å². The van der Waals surface area contributed by atoms with Crippen LogP contribution in [0.4, 0.5) is 8.78 Å². The van der Waals surface area contributed by atoms with Gasteiger partial charge < -0.3 is 9.47 Å². The maximum absolute atomic E-state index is 12.2. The van der Waals surface area contributed by atoms with Gasteiger partial charge in [0, 0.05) is 0 Å². The molecule has 0 fully saturated rings. The SMILES string of the molecule is CCc1cc(OC(F)F)cc(C#N)c1CC(=O)OC. The predicted molar refractivity (Wildman–Crippen MR) is 62.9 cm³/mol. The number of aryl methyl sites for hydroxylation is 1. The van der Waals surface area contributed by atoms with Crippen LogP contribution in [0.25, 0.3) is 0 Å². The zero-order valence-electron chi connectivity index (χ0n) is 10.6. The number of carbonyl (C=O) groups excluding carboxylic acids is 1. The number of hydrogen-bond acceptors (Lipinski definition) is 4. The Morgan fingerprint density at radius 2 is 2.16 bits per heavy atom. The van der Waals surface area contributed by atoms with E-state index in [-0.39, 0.29) is 17.7 Å². The first-order chi connectivity index (χ1) is 9.01. The lowest BCUT2D eigenvalue weighted by Gasteiger charge is -2.12. The molecule has 1 rings (SSSR count). The minimum atomic E-state index is -2.96. The summed E-state index contributed by atoms with van der Waals surface area (Å²) in [4.78, 5) is 11.3. The Labute approximate surface area is 109 Å². The number of nitrogens with zero attached hydrogens (tertiary/aromatic N) is 1. The van der Waals surface area contributed by atoms with E-state index in [1.807, 2.05) is 6.07 Å². The topological polar surface area (TPSA) is 59.3 Å². The molecule has 6 heteroatoms. The maximum atomic E-state index is 12.2. The van der Waals surface area contributed by atoms with Gasteiger partial charge in [-0.3, -0.25) is 4.79 Å². The van der Waals surface area contributed by atoms with Gasteiger partial charge >= 0.3 is 12.6 Å². The average Bonchev–Trinajstić information content (AvgIpc) is 2.38. The van der Waals surface area contributed by atoms with Gasteiger partial charge in [-0.25, -0.2) is 0 Å². The van der Waals surface area contributed by atoms with Gasteiger partial charge in [0.1, 0.15) is 5.75 Å². The monoisotopic (exact) mass is 269 g/mol. The molecule has 0 N–H and O–H groups in total. The number of hydrogen-bond donors (Lipinski definition) is 0. The molecule has 102 valence electrons. The van der Waals surface area contributed by atoms with E-state index < -0.39 is 12.6 Å². The van der Waals surface area contributed by atoms with Gasteiger partial charge in [-0.05, 0) is 29.7 Å². The molecule has 0 atom stereocenters. The third-order valence-corrected chi connectivity index (χ3v) is 2.59. The second kappa shape index (κ2) is 6.69. The van der Waals surface area contributed by atoms with Crippen LogP contribution in [0.3, 0.4) is 0 Å². The molecule has 0 bridgehead atoms. The van der Waals surface area contributed by atoms with Crippen molar-refractivity contribution < 1.29 is 23.0 Å². The molecule has 0 saturated heterocycles. The van der Waals surface area contributed by atoms with Crippen molar-refractivity contribution in [2.24, 2.45) is 0 Å². The molecule has 1 aromatic rings. The number of methoxy groups -OCH3 is 1. The summed E-state index contributed by atoms with van der Waals surface area (Å²) in [5, 5.41) is 9.04. The summed E-state index contributed by atoms with van der Waals surface area (Å²) in [5.74, 6) is -0.578. The van der Waals surface area contributed by atoms with E-state index in [1.165, 1.54) is 19.2 Å². The van der Waals surface area contributed by atoms with Crippen molar-refractivity contribution >= 4 is 5.97 Å². The van der Waals surface area contributed by atoms with E-state index in [2.05, 4.69) is 9.47 Å². The van der Waals surface area contributed by atoms with Crippen LogP contribution in [0.15, 0.2) is 12.1 Å². The molecule has 0 aromatic heterocycles. The molecule has 4 nitrogen and oxygen atoms in total. The zero-order chi connectivity index (χ0) is 14.4. The Morgan fingerprint density at radius 3 is 2.63 bits per heavy atom. The van der Waals surface area contributed by atoms with Gasteiger partial charge in [-0.15, -0.1) is 0 Å². The van der Waals surface area contributed by atoms with E-state index in [0.717, 1.165) is 0 Å². The van der Waals surface area contributed by atoms with Crippen molar-refractivity contribution in [1.29, 1.82) is 5.26 Å². The number of ether oxygens (including phenoxy) is 2. The van der Waals surface area contributed by atoms with Crippen LogP contribution in [0.2, 0.25) is 0 Å². The highest BCUT2D eigenvalue weighted by atomic mass is 19.3. The summed E-state index contributed by atoms with van der Waals surface area (Å²) in [7, 11) is 1.24. The summed E-state index contributed by atoms with van der Waals surface area (Å²) in [6, 6.07) is 4.49. The zero-order valence-corrected chi connectivity index (χ0v) is 10.6. The van der Waals surface area contributed by atoms with E-state index >= 15 is 0 Å². The molecule has 0 aliphatic rings. The van der Waals surface area contributed by atoms with Gasteiger partial charge in [-0.2, -0.15) is 14.0 Å². The maximum Gasteiger partial charge on any atom is 0.387 e. The second-order valence-corrected chi connectivity index (χ2v) is 3.71. The highest BCUT2D eigenvalue weighted by Crippen LogP contribution is 2.25. The molecule has 19 heavy (non-hydrogen) atoms. The van der Waals surface area contributed by atoms with Gasteiger partial charge in [0.25, 0.3) is 0 Å². The van der Waals surface area contributed by atoms with Crippen LogP contribution in [-0.2, 0) is 22.4 Å². The van der Waals surface area contributed by atoms with Crippen LogP contribution in [-0.4, -0.2) is 19.7 Å². The van der Waals surface area contributed by atoms with Crippen molar-refractivity contribution in [3.8, 4) is 11.8 Å². The van der Waals surface area contributed by atoms with Crippen LogP contribution in [0.1, 0.15) is 23.6 Å². The van der Waals surface area contributed by atoms with Crippen molar-refractivity contribution in [1.82, 2.24) is 0 Å². The smallest absolute Gasteiger partial charge is 0.387 e. The summed E-state index contributed by atoms with van der Waals surface area (Å²) in [5.41, 5.74) is 1.24. The standard InChI is InChI=1S/C13H13F2NO3/c1-3-8-4-10(19-13(14)15)5-9(7-16)11(8)6-12(17)18-2/h4-5,13H,3,6H2,1-2H3. The first-order valence-corrected chi connectivity index (χ1v) is 5.59. The number of nitriles is 1. The molecule has 0 aliphatic carbocycles. The number of alkyl halides is 2. The van der Waals surface area contributed by atoms with Gasteiger partial charge in [-0.1, -0.05) is 6.92 Å². The fourth-order valence-electron chi connectivity index (χ4n) is 1.71. The molecule has 0 saturated carbocycles. The molecular formula is C13H13F2NO3. The second-order valence-electron chi connectivity index (χ2n) is 3.71. The van der Waals surface area contributed by atoms with E-state index in [4.69, 9.17) is 5.26 Å². The molecule has 0 radical (unpaired) electrons. The summed E-state index contributed by atoms with van der Waals surface area (Å²) in [6.07, 6.45) is 0.416. The summed E-state index contributed by atoms with van der Waals surface area (Å²) >= 11 is 0. The number of esters is 1. The lowest BCUT2D eigenvalue weighted by Crippen LogP contribution is -2.10. The first-order valence-electron chi connectivity index (χ1n) is 5.59. The Bertz CT molecular complexity index is 509. The highest BCUT2D eigenvalue weighted by Gasteiger charge is 2.16. The van der Waals surface area contributed by atoms with Gasteiger partial charge in [0.2, 0.25) is 0 Å². The summed E-state index contributed by atoms with van der Waals surface area (Å²) in [6.45, 7) is -1.16. The van der Waals surface area contributed by atoms with Gasteiger partial charge in [0.05, 0.1) is 25.2 Å². The number of halogens is 2. The van der Waals surface area contributed by atoms with E-state index in [9.17, 15) is 13.6 Å². The Hall–Kier alpha value is -2.16. The molecular weight excluding hydrogens is 256 g/mol. The largest absolute Gasteiger partial charge is 0.469 e. The van der Waals surface area contributed by atoms with Crippen LogP contribution >= 0.6 is 0 Å². The Kier molecular flexibility index (Phi) is 5.24. The molecule has 0 amide bonds. The van der Waals surface area contributed by atoms with Crippen LogP contribution < -0.4 is 4.74 Å². The lowest BCUT2D eigenvalue weighted by molar-refractivity contribution is -0.139. The molecule has 0 unspecified atom stereocenters. The first kappa shape index (κ1) is 14.9. The minimum absolute atomic E-state index is 0.0719. The number of rotatable bonds is 5. The van der Waals surface area contributed by atoms with E-state index in [0.29, 0.717) is 17.5 Å². The van der Waals surface area contributed by atoms with Crippen molar-refractivity contribution in [2.45, 2.75) is 26.4 Å². The quantitative estimate of drug-likeness (QED) is 0.770. The minimum Gasteiger partial charge on any atom is -0.469 e. The van der Waals surface area contributed by atoms with Crippen LogP contribution in [0.5, 0.6) is 5.75 Å². The third kappa shape index (κ3) is 3.91. The normalized spacial score (nSPS) is 10.1. The molecule has 0 heterocycles. The Morgan fingerprint density at radius 1 is 1.47 bits per heavy atom. The highest BCUT2D eigenvalue weighted by molar-refractivity contribution is 5.74. The number of benzene rings is 1. The Balaban J connectivity index is 3.22. The van der Waals surface area contributed by atoms with Crippen LogP contribution in [0, 0.1) is 11.3 Å². The van der Waals surface area contributed by atoms with Gasteiger partial charge in [0.15, 0.2) is 0 Å². The predicted octanol–water partition coefficient (Wildman–Crippen LogP) is 2.44. The van der Waals surface area contributed by atoms with Crippen molar-refractivity contribution in [2.75, 3.05) is 7.11 Å². The fourth-order valence-corrected chi connectivity index (χ4v) is 1.71. The molecule has 0 spiro atoms. The third-order valence-electron chi connectivity index (χ3n) is 2.59. The van der Waals surface area contributed by atoms with E-state index in [1.54, 1.807) is 6.92 Å². The lowest BCUT2D eigenvalue weighted by atomic mass is 9.96. The fraction of sp³-hybridized carbons (Fsp3) is 0.385. The molecule has 1 aromatic carbocycles. The van der Waals surface area contributed by atoms with Crippen molar-refractivity contribution in [3.63, 3.8) is 0 Å². The average molecular weight is 269 g/mol.